The largest absolute Gasteiger partial charge is 0.356 e. The molecule has 1 aromatic carbocycles. The standard InChI is InChI=1S/C24H34N6O/c1-19(23(31)29-13-3-4-14-29)28-15-17-30(18-16-28)24(25-2)27-12-10-21-8-5-7-20-9-6-11-26-22(20)21/h5-9,11,19H,3-4,10,12-18H2,1-2H3,(H,25,27). The van der Waals surface area contributed by atoms with Gasteiger partial charge in [-0.05, 0) is 37.8 Å². The first-order valence-corrected chi connectivity index (χ1v) is 11.5. The normalized spacial score (nSPS) is 19.1. The molecule has 7 heteroatoms. The summed E-state index contributed by atoms with van der Waals surface area (Å²) in [6.45, 7) is 8.25. The molecule has 1 aromatic heterocycles. The predicted octanol–water partition coefficient (Wildman–Crippen LogP) is 1.98. The number of likely N-dealkylation sites (tertiary alicyclic amines) is 1. The van der Waals surface area contributed by atoms with Gasteiger partial charge in [0.25, 0.3) is 0 Å². The van der Waals surface area contributed by atoms with Crippen molar-refractivity contribution < 1.29 is 4.79 Å². The Bertz CT molecular complexity index is 910. The van der Waals surface area contributed by atoms with Gasteiger partial charge in [0.2, 0.25) is 5.91 Å². The summed E-state index contributed by atoms with van der Waals surface area (Å²) in [7, 11) is 1.84. The third kappa shape index (κ3) is 4.98. The van der Waals surface area contributed by atoms with Crippen molar-refractivity contribution in [1.29, 1.82) is 0 Å². The molecule has 2 aliphatic rings. The Morgan fingerprint density at radius 3 is 2.55 bits per heavy atom. The number of aliphatic imine (C=N–C) groups is 1. The number of nitrogens with one attached hydrogen (secondary N) is 1. The first-order chi connectivity index (χ1) is 15.2. The minimum atomic E-state index is -0.0333. The number of fused-ring (bicyclic) bond motifs is 1. The average Bonchev–Trinajstić information content (AvgIpc) is 3.36. The van der Waals surface area contributed by atoms with Gasteiger partial charge in [-0.3, -0.25) is 19.7 Å². The molecule has 0 saturated carbocycles. The maximum Gasteiger partial charge on any atom is 0.239 e. The van der Waals surface area contributed by atoms with Crippen molar-refractivity contribution in [2.24, 2.45) is 4.99 Å². The van der Waals surface area contributed by atoms with E-state index in [9.17, 15) is 4.79 Å². The lowest BCUT2D eigenvalue weighted by atomic mass is 10.1. The Kier molecular flexibility index (Phi) is 7.02. The number of hydrogen-bond acceptors (Lipinski definition) is 4. The minimum absolute atomic E-state index is 0.0333. The lowest BCUT2D eigenvalue weighted by Crippen LogP contribution is -2.57. The van der Waals surface area contributed by atoms with Crippen molar-refractivity contribution in [2.45, 2.75) is 32.2 Å². The molecule has 166 valence electrons. The van der Waals surface area contributed by atoms with Crippen molar-refractivity contribution in [3.05, 3.63) is 42.1 Å². The van der Waals surface area contributed by atoms with Gasteiger partial charge in [0.05, 0.1) is 11.6 Å². The molecule has 1 atom stereocenters. The maximum absolute atomic E-state index is 12.7. The van der Waals surface area contributed by atoms with Gasteiger partial charge in [-0.2, -0.15) is 0 Å². The van der Waals surface area contributed by atoms with Crippen molar-refractivity contribution in [1.82, 2.24) is 25.0 Å². The fraction of sp³-hybridized carbons (Fsp3) is 0.542. The van der Waals surface area contributed by atoms with E-state index in [1.54, 1.807) is 0 Å². The zero-order valence-electron chi connectivity index (χ0n) is 18.8. The summed E-state index contributed by atoms with van der Waals surface area (Å²) in [5.41, 5.74) is 2.33. The molecule has 1 unspecified atom stereocenters. The quantitative estimate of drug-likeness (QED) is 0.590. The Morgan fingerprint density at radius 2 is 1.81 bits per heavy atom. The van der Waals surface area contributed by atoms with E-state index in [1.165, 1.54) is 10.9 Å². The van der Waals surface area contributed by atoms with E-state index in [0.29, 0.717) is 0 Å². The highest BCUT2D eigenvalue weighted by Gasteiger charge is 2.30. The van der Waals surface area contributed by atoms with Gasteiger partial charge in [0.15, 0.2) is 5.96 Å². The number of carbonyl (C=O) groups is 1. The Labute approximate surface area is 185 Å². The summed E-state index contributed by atoms with van der Waals surface area (Å²) >= 11 is 0. The highest BCUT2D eigenvalue weighted by Crippen LogP contribution is 2.16. The van der Waals surface area contributed by atoms with Crippen LogP contribution in [-0.2, 0) is 11.2 Å². The van der Waals surface area contributed by atoms with Crippen molar-refractivity contribution in [2.75, 3.05) is 52.9 Å². The number of carbonyl (C=O) groups excluding carboxylic acids is 1. The molecule has 2 saturated heterocycles. The predicted molar refractivity (Wildman–Crippen MR) is 125 cm³/mol. The van der Waals surface area contributed by atoms with Crippen molar-refractivity contribution in [3.8, 4) is 0 Å². The highest BCUT2D eigenvalue weighted by atomic mass is 16.2. The molecule has 1 N–H and O–H groups in total. The van der Waals surface area contributed by atoms with Gasteiger partial charge >= 0.3 is 0 Å². The van der Waals surface area contributed by atoms with Crippen LogP contribution >= 0.6 is 0 Å². The van der Waals surface area contributed by atoms with Gasteiger partial charge in [-0.1, -0.05) is 24.3 Å². The van der Waals surface area contributed by atoms with Crippen LogP contribution in [0.5, 0.6) is 0 Å². The SMILES string of the molecule is CN=C(NCCc1cccc2cccnc12)N1CCN(C(C)C(=O)N2CCCC2)CC1. The summed E-state index contributed by atoms with van der Waals surface area (Å²) in [5, 5.41) is 4.70. The number of para-hydroxylation sites is 1. The van der Waals surface area contributed by atoms with E-state index in [2.05, 4.69) is 56.3 Å². The van der Waals surface area contributed by atoms with Gasteiger partial charge in [0.1, 0.15) is 0 Å². The molecular weight excluding hydrogens is 388 g/mol. The van der Waals surface area contributed by atoms with Crippen LogP contribution in [0.25, 0.3) is 10.9 Å². The number of piperazine rings is 1. The molecular formula is C24H34N6O. The summed E-state index contributed by atoms with van der Waals surface area (Å²) < 4.78 is 0. The first kappa shape index (κ1) is 21.6. The number of hydrogen-bond donors (Lipinski definition) is 1. The minimum Gasteiger partial charge on any atom is -0.356 e. The Morgan fingerprint density at radius 1 is 1.06 bits per heavy atom. The van der Waals surface area contributed by atoms with Crippen molar-refractivity contribution in [3.63, 3.8) is 0 Å². The van der Waals surface area contributed by atoms with Crippen LogP contribution in [0.15, 0.2) is 41.5 Å². The van der Waals surface area contributed by atoms with Crippen molar-refractivity contribution >= 4 is 22.8 Å². The number of aromatic nitrogens is 1. The molecule has 0 spiro atoms. The van der Waals surface area contributed by atoms with Gasteiger partial charge in [0, 0.05) is 64.4 Å². The molecule has 0 aliphatic carbocycles. The molecule has 0 bridgehead atoms. The van der Waals surface area contributed by atoms with E-state index in [4.69, 9.17) is 0 Å². The van der Waals surface area contributed by atoms with E-state index in [0.717, 1.165) is 76.6 Å². The van der Waals surface area contributed by atoms with Crippen LogP contribution in [0.1, 0.15) is 25.3 Å². The summed E-state index contributed by atoms with van der Waals surface area (Å²) in [5.74, 6) is 1.23. The van der Waals surface area contributed by atoms with Crippen LogP contribution in [0, 0.1) is 0 Å². The second kappa shape index (κ2) is 10.1. The summed E-state index contributed by atoms with van der Waals surface area (Å²) in [4.78, 5) is 28.4. The van der Waals surface area contributed by atoms with Crippen LogP contribution in [-0.4, -0.2) is 90.5 Å². The topological polar surface area (TPSA) is 64.1 Å². The number of guanidine groups is 1. The van der Waals surface area contributed by atoms with Gasteiger partial charge in [-0.15, -0.1) is 0 Å². The summed E-state index contributed by atoms with van der Waals surface area (Å²) in [6.07, 6.45) is 5.04. The average molecular weight is 423 g/mol. The molecule has 2 aliphatic heterocycles. The zero-order chi connectivity index (χ0) is 21.6. The maximum atomic E-state index is 12.7. The number of amides is 1. The highest BCUT2D eigenvalue weighted by molar-refractivity contribution is 5.83. The lowest BCUT2D eigenvalue weighted by molar-refractivity contribution is -0.135. The van der Waals surface area contributed by atoms with E-state index in [-0.39, 0.29) is 11.9 Å². The number of nitrogens with zero attached hydrogens (tertiary/aromatic N) is 5. The Hall–Kier alpha value is -2.67. The smallest absolute Gasteiger partial charge is 0.239 e. The molecule has 2 aromatic rings. The molecule has 2 fully saturated rings. The van der Waals surface area contributed by atoms with Crippen LogP contribution in [0.2, 0.25) is 0 Å². The van der Waals surface area contributed by atoms with Gasteiger partial charge < -0.3 is 15.1 Å². The molecule has 3 heterocycles. The fourth-order valence-corrected chi connectivity index (χ4v) is 4.69. The third-order valence-corrected chi connectivity index (χ3v) is 6.54. The van der Waals surface area contributed by atoms with Gasteiger partial charge in [-0.25, -0.2) is 0 Å². The van der Waals surface area contributed by atoms with E-state index < -0.39 is 0 Å². The Balaban J connectivity index is 1.27. The first-order valence-electron chi connectivity index (χ1n) is 11.5. The molecule has 0 radical (unpaired) electrons. The summed E-state index contributed by atoms with van der Waals surface area (Å²) in [6, 6.07) is 10.4. The molecule has 4 rings (SSSR count). The number of benzene rings is 1. The lowest BCUT2D eigenvalue weighted by Gasteiger charge is -2.39. The monoisotopic (exact) mass is 422 g/mol. The van der Waals surface area contributed by atoms with Crippen LogP contribution in [0.4, 0.5) is 0 Å². The van der Waals surface area contributed by atoms with E-state index >= 15 is 0 Å². The molecule has 1 amide bonds. The molecule has 31 heavy (non-hydrogen) atoms. The molecule has 7 nitrogen and oxygen atoms in total. The van der Waals surface area contributed by atoms with Crippen LogP contribution < -0.4 is 5.32 Å². The number of pyridine rings is 1. The zero-order valence-corrected chi connectivity index (χ0v) is 18.8. The third-order valence-electron chi connectivity index (χ3n) is 6.54. The van der Waals surface area contributed by atoms with E-state index in [1.807, 2.05) is 24.2 Å². The fourth-order valence-electron chi connectivity index (χ4n) is 4.69. The van der Waals surface area contributed by atoms with Crippen LogP contribution in [0.3, 0.4) is 0 Å². The second-order valence-corrected chi connectivity index (χ2v) is 8.45. The second-order valence-electron chi connectivity index (χ2n) is 8.45. The number of rotatable bonds is 5.